The molecule has 1 amide bonds. The van der Waals surface area contributed by atoms with Crippen LogP contribution in [-0.4, -0.2) is 62.3 Å². The number of rotatable bonds is 10. The average molecular weight is 454 g/mol. The smallest absolute Gasteiger partial charge is 0.407 e. The molecule has 0 fully saturated rings. The van der Waals surface area contributed by atoms with Crippen LogP contribution in [0.1, 0.15) is 31.9 Å². The Hall–Kier alpha value is -1.89. The molecule has 1 rings (SSSR count). The molecule has 0 aromatic heterocycles. The number of aryl methyl sites for hydroxylation is 2. The largest absolute Gasteiger partial charge is 0.492 e. The van der Waals surface area contributed by atoms with Crippen LogP contribution in [0.5, 0.6) is 5.75 Å². The molecule has 166 valence electrons. The molecule has 3 N–H and O–H groups in total. The van der Waals surface area contributed by atoms with Gasteiger partial charge in [-0.2, -0.15) is 16.8 Å². The molecule has 29 heavy (non-hydrogen) atoms. The molecular weight excluding hydrogens is 426 g/mol. The van der Waals surface area contributed by atoms with Gasteiger partial charge in [-0.15, -0.1) is 0 Å². The third-order valence-electron chi connectivity index (χ3n) is 3.48. The van der Waals surface area contributed by atoms with Gasteiger partial charge in [0.25, 0.3) is 20.2 Å². The van der Waals surface area contributed by atoms with Gasteiger partial charge in [-0.25, -0.2) is 4.79 Å². The first kappa shape index (κ1) is 25.1. The summed E-state index contributed by atoms with van der Waals surface area (Å²) in [5.41, 5.74) is 0.347. The number of benzene rings is 1. The van der Waals surface area contributed by atoms with Crippen molar-refractivity contribution in [3.05, 3.63) is 29.3 Å². The molecule has 0 saturated heterocycles. The van der Waals surface area contributed by atoms with Crippen LogP contribution in [0.4, 0.5) is 4.79 Å². The highest BCUT2D eigenvalue weighted by Crippen LogP contribution is 2.20. The molecule has 0 bridgehead atoms. The first-order chi connectivity index (χ1) is 13.1. The molecule has 1 aromatic carbocycles. The van der Waals surface area contributed by atoms with Gasteiger partial charge in [0.15, 0.2) is 0 Å². The topological polar surface area (TPSA) is 156 Å². The second kappa shape index (κ2) is 10.2. The van der Waals surface area contributed by atoms with E-state index in [2.05, 4.69) is 5.32 Å². The van der Waals surface area contributed by atoms with Crippen LogP contribution < -0.4 is 10.1 Å². The summed E-state index contributed by atoms with van der Waals surface area (Å²) in [5, 5.41) is 2.52. The molecule has 0 radical (unpaired) electrons. The molecule has 0 saturated carbocycles. The van der Waals surface area contributed by atoms with E-state index in [1.165, 1.54) is 6.07 Å². The Balaban J connectivity index is 2.74. The van der Waals surface area contributed by atoms with E-state index in [0.29, 0.717) is 16.9 Å². The van der Waals surface area contributed by atoms with E-state index in [0.717, 1.165) is 0 Å². The van der Waals surface area contributed by atoms with Crippen LogP contribution in [0.3, 0.4) is 0 Å². The monoisotopic (exact) mass is 453 g/mol. The average Bonchev–Trinajstić information content (AvgIpc) is 2.52. The fourth-order valence-electron chi connectivity index (χ4n) is 2.28. The van der Waals surface area contributed by atoms with Crippen LogP contribution in [0.2, 0.25) is 0 Å². The van der Waals surface area contributed by atoms with Crippen LogP contribution in [0.15, 0.2) is 18.2 Å². The van der Waals surface area contributed by atoms with E-state index in [1.54, 1.807) is 32.9 Å². The van der Waals surface area contributed by atoms with Crippen molar-refractivity contribution in [1.82, 2.24) is 5.32 Å². The molecule has 0 aliphatic carbocycles. The zero-order valence-corrected chi connectivity index (χ0v) is 18.2. The van der Waals surface area contributed by atoms with Crippen molar-refractivity contribution in [1.29, 1.82) is 0 Å². The maximum absolute atomic E-state index is 11.6. The Morgan fingerprint density at radius 1 is 1.00 bits per heavy atom. The number of carbonyl (C=O) groups excluding carboxylic acids is 1. The van der Waals surface area contributed by atoms with Gasteiger partial charge in [-0.3, -0.25) is 9.11 Å². The zero-order chi connectivity index (χ0) is 22.3. The number of amides is 1. The summed E-state index contributed by atoms with van der Waals surface area (Å²) in [5.74, 6) is -0.696. The van der Waals surface area contributed by atoms with Crippen molar-refractivity contribution < 1.29 is 40.2 Å². The minimum absolute atomic E-state index is 0.0277. The minimum atomic E-state index is -4.21. The SMILES string of the molecule is CC(C)(C)OC(=O)NCCOc1ccc(CCS(=O)(=O)O)c(CCS(=O)(=O)O)c1. The van der Waals surface area contributed by atoms with E-state index < -0.39 is 43.4 Å². The van der Waals surface area contributed by atoms with Crippen LogP contribution in [0, 0.1) is 0 Å². The summed E-state index contributed by atoms with van der Waals surface area (Å²) in [6.45, 7) is 5.49. The summed E-state index contributed by atoms with van der Waals surface area (Å²) in [6, 6.07) is 4.64. The van der Waals surface area contributed by atoms with Crippen molar-refractivity contribution in [3.63, 3.8) is 0 Å². The van der Waals surface area contributed by atoms with Crippen molar-refractivity contribution in [2.24, 2.45) is 0 Å². The number of hydrogen-bond acceptors (Lipinski definition) is 7. The lowest BCUT2D eigenvalue weighted by molar-refractivity contribution is 0.0520. The summed E-state index contributed by atoms with van der Waals surface area (Å²) >= 11 is 0. The summed E-state index contributed by atoms with van der Waals surface area (Å²) < 4.78 is 72.5. The number of carbonyl (C=O) groups is 1. The van der Waals surface area contributed by atoms with Gasteiger partial charge >= 0.3 is 6.09 Å². The highest BCUT2D eigenvalue weighted by Gasteiger charge is 2.16. The van der Waals surface area contributed by atoms with Crippen molar-refractivity contribution in [2.45, 2.75) is 39.2 Å². The van der Waals surface area contributed by atoms with Gasteiger partial charge < -0.3 is 14.8 Å². The lowest BCUT2D eigenvalue weighted by Gasteiger charge is -2.19. The second-order valence-electron chi connectivity index (χ2n) is 7.28. The standard InChI is InChI=1S/C17H27NO9S2/c1-17(2,3)27-16(19)18-8-9-26-15-5-4-13(6-10-28(20,21)22)14(12-15)7-11-29(23,24)25/h4-5,12H,6-11H2,1-3H3,(H,18,19)(H,20,21,22)(H,23,24,25). The molecule has 0 spiro atoms. The predicted molar refractivity (Wildman–Crippen MR) is 106 cm³/mol. The summed E-state index contributed by atoms with van der Waals surface area (Å²) in [7, 11) is -8.39. The molecule has 10 nitrogen and oxygen atoms in total. The zero-order valence-electron chi connectivity index (χ0n) is 16.5. The maximum atomic E-state index is 11.6. The van der Waals surface area contributed by atoms with Crippen LogP contribution >= 0.6 is 0 Å². The normalized spacial score (nSPS) is 12.4. The number of alkyl carbamates (subject to hydrolysis) is 1. The minimum Gasteiger partial charge on any atom is -0.492 e. The van der Waals surface area contributed by atoms with Gasteiger partial charge in [0, 0.05) is 0 Å². The Labute approximate surface area is 171 Å². The fraction of sp³-hybridized carbons (Fsp3) is 0.588. The summed E-state index contributed by atoms with van der Waals surface area (Å²) in [4.78, 5) is 11.6. The van der Waals surface area contributed by atoms with Crippen LogP contribution in [0.25, 0.3) is 0 Å². The number of hydrogen-bond donors (Lipinski definition) is 3. The quantitative estimate of drug-likeness (QED) is 0.352. The van der Waals surface area contributed by atoms with Crippen LogP contribution in [-0.2, 0) is 37.8 Å². The molecule has 12 heteroatoms. The molecule has 0 atom stereocenters. The Morgan fingerprint density at radius 3 is 2.07 bits per heavy atom. The van der Waals surface area contributed by atoms with Gasteiger partial charge in [0.2, 0.25) is 0 Å². The number of nitrogens with one attached hydrogen (secondary N) is 1. The Morgan fingerprint density at radius 2 is 1.55 bits per heavy atom. The summed E-state index contributed by atoms with van der Waals surface area (Å²) in [6.07, 6.45) is -0.678. The molecule has 1 aromatic rings. The third kappa shape index (κ3) is 12.3. The molecule has 0 aliphatic heterocycles. The first-order valence-corrected chi connectivity index (χ1v) is 12.0. The van der Waals surface area contributed by atoms with Gasteiger partial charge in [0.05, 0.1) is 18.1 Å². The molecule has 0 aliphatic rings. The van der Waals surface area contributed by atoms with Crippen molar-refractivity contribution in [3.8, 4) is 5.75 Å². The van der Waals surface area contributed by atoms with E-state index in [1.807, 2.05) is 0 Å². The predicted octanol–water partition coefficient (Wildman–Crippen LogP) is 1.45. The van der Waals surface area contributed by atoms with Gasteiger partial charge in [0.1, 0.15) is 18.0 Å². The Kier molecular flexibility index (Phi) is 8.87. The van der Waals surface area contributed by atoms with E-state index in [-0.39, 0.29) is 26.0 Å². The highest BCUT2D eigenvalue weighted by molar-refractivity contribution is 7.86. The van der Waals surface area contributed by atoms with Crippen molar-refractivity contribution in [2.75, 3.05) is 24.7 Å². The molecule has 0 unspecified atom stereocenters. The molecular formula is C17H27NO9S2. The van der Waals surface area contributed by atoms with Gasteiger partial charge in [-0.05, 0) is 56.9 Å². The lowest BCUT2D eigenvalue weighted by Crippen LogP contribution is -2.34. The van der Waals surface area contributed by atoms with Gasteiger partial charge in [-0.1, -0.05) is 6.07 Å². The lowest BCUT2D eigenvalue weighted by atomic mass is 10.0. The maximum Gasteiger partial charge on any atom is 0.407 e. The third-order valence-corrected chi connectivity index (χ3v) is 4.92. The number of ether oxygens (including phenoxy) is 2. The van der Waals surface area contributed by atoms with E-state index in [4.69, 9.17) is 18.6 Å². The van der Waals surface area contributed by atoms with Crippen molar-refractivity contribution >= 4 is 26.3 Å². The fourth-order valence-corrected chi connectivity index (χ4v) is 3.24. The first-order valence-electron chi connectivity index (χ1n) is 8.76. The second-order valence-corrected chi connectivity index (χ2v) is 10.4. The van der Waals surface area contributed by atoms with E-state index in [9.17, 15) is 21.6 Å². The highest BCUT2D eigenvalue weighted by atomic mass is 32.2. The van der Waals surface area contributed by atoms with E-state index >= 15 is 0 Å². The Bertz CT molecular complexity index is 903. The molecule has 0 heterocycles.